The highest BCUT2D eigenvalue weighted by molar-refractivity contribution is 9.10. The van der Waals surface area contributed by atoms with Crippen LogP contribution in [0.1, 0.15) is 24.3 Å². The zero-order valence-electron chi connectivity index (χ0n) is 17.4. The predicted molar refractivity (Wildman–Crippen MR) is 127 cm³/mol. The summed E-state index contributed by atoms with van der Waals surface area (Å²) in [5.41, 5.74) is -0.849. The van der Waals surface area contributed by atoms with Crippen molar-refractivity contribution in [3.63, 3.8) is 0 Å². The van der Waals surface area contributed by atoms with E-state index in [1.54, 1.807) is 44.2 Å². The van der Waals surface area contributed by atoms with Gasteiger partial charge in [0.05, 0.1) is 25.0 Å². The van der Waals surface area contributed by atoms with Gasteiger partial charge in [-0.25, -0.2) is 4.79 Å². The molecule has 0 saturated carbocycles. The third-order valence-electron chi connectivity index (χ3n) is 4.09. The molecule has 0 spiro atoms. The number of benzene rings is 2. The lowest BCUT2D eigenvalue weighted by Crippen LogP contribution is -2.26. The average molecular weight is 602 g/mol. The predicted octanol–water partition coefficient (Wildman–Crippen LogP) is 4.10. The first-order valence-electron chi connectivity index (χ1n) is 9.60. The van der Waals surface area contributed by atoms with Crippen LogP contribution in [0.5, 0.6) is 11.5 Å². The van der Waals surface area contributed by atoms with Gasteiger partial charge in [-0.2, -0.15) is 18.2 Å². The van der Waals surface area contributed by atoms with Crippen molar-refractivity contribution in [3.05, 3.63) is 73.5 Å². The molecule has 0 aliphatic rings. The van der Waals surface area contributed by atoms with Gasteiger partial charge < -0.3 is 13.7 Å². The first kappa shape index (κ1) is 24.9. The maximum Gasteiger partial charge on any atom is 0.362 e. The highest BCUT2D eigenvalue weighted by Gasteiger charge is 2.28. The minimum Gasteiger partial charge on any atom is -0.492 e. The second kappa shape index (κ2) is 10.5. The van der Waals surface area contributed by atoms with Crippen LogP contribution >= 0.6 is 31.9 Å². The van der Waals surface area contributed by atoms with Gasteiger partial charge >= 0.3 is 16.1 Å². The Balaban J connectivity index is 2.15. The van der Waals surface area contributed by atoms with Gasteiger partial charge in [-0.3, -0.25) is 4.79 Å². The monoisotopic (exact) mass is 600 g/mol. The lowest BCUT2D eigenvalue weighted by molar-refractivity contribution is 0.0515. The summed E-state index contributed by atoms with van der Waals surface area (Å²) >= 11 is 6.52. The third-order valence-corrected chi connectivity index (χ3v) is 6.34. The second-order valence-corrected chi connectivity index (χ2v) is 9.72. The molecule has 0 fully saturated rings. The van der Waals surface area contributed by atoms with Gasteiger partial charge in [0.15, 0.2) is 5.75 Å². The molecular formula is C21H18Br2N2O7S. The summed E-state index contributed by atoms with van der Waals surface area (Å²) in [6.07, 6.45) is 0. The van der Waals surface area contributed by atoms with Crippen molar-refractivity contribution in [1.82, 2.24) is 9.78 Å². The summed E-state index contributed by atoms with van der Waals surface area (Å²) in [7, 11) is -4.52. The Morgan fingerprint density at radius 2 is 1.73 bits per heavy atom. The first-order chi connectivity index (χ1) is 15.7. The van der Waals surface area contributed by atoms with Crippen LogP contribution in [-0.4, -0.2) is 37.4 Å². The van der Waals surface area contributed by atoms with Crippen molar-refractivity contribution < 1.29 is 26.9 Å². The largest absolute Gasteiger partial charge is 0.492 e. The van der Waals surface area contributed by atoms with Gasteiger partial charge in [0.2, 0.25) is 5.69 Å². The molecule has 0 aliphatic heterocycles. The van der Waals surface area contributed by atoms with E-state index in [0.717, 1.165) is 10.7 Å². The maximum atomic E-state index is 13.1. The number of carbonyl (C=O) groups is 1. The second-order valence-electron chi connectivity index (χ2n) is 6.37. The van der Waals surface area contributed by atoms with E-state index >= 15 is 0 Å². The van der Waals surface area contributed by atoms with E-state index in [-0.39, 0.29) is 23.9 Å². The molecule has 9 nitrogen and oxygen atoms in total. The topological polar surface area (TPSA) is 114 Å². The average Bonchev–Trinajstić information content (AvgIpc) is 2.75. The number of carbonyl (C=O) groups excluding carboxylic acids is 1. The molecule has 0 unspecified atom stereocenters. The minimum absolute atomic E-state index is 0.00281. The van der Waals surface area contributed by atoms with Gasteiger partial charge in [0, 0.05) is 8.95 Å². The number of hydrogen-bond donors (Lipinski definition) is 0. The summed E-state index contributed by atoms with van der Waals surface area (Å²) in [5, 5.41) is 4.04. The molecule has 174 valence electrons. The molecule has 0 amide bonds. The van der Waals surface area contributed by atoms with Gasteiger partial charge in [0.25, 0.3) is 5.56 Å². The number of rotatable bonds is 8. The third kappa shape index (κ3) is 5.81. The summed E-state index contributed by atoms with van der Waals surface area (Å²) in [6.45, 7) is 3.49. The molecule has 0 aliphatic carbocycles. The Labute approximate surface area is 206 Å². The zero-order valence-corrected chi connectivity index (χ0v) is 21.4. The molecule has 0 radical (unpaired) electrons. The highest BCUT2D eigenvalue weighted by Crippen LogP contribution is 2.31. The molecule has 1 aromatic heterocycles. The van der Waals surface area contributed by atoms with Gasteiger partial charge in [-0.1, -0.05) is 37.9 Å². The van der Waals surface area contributed by atoms with Crippen molar-refractivity contribution >= 4 is 47.9 Å². The molecule has 0 atom stereocenters. The Hall–Kier alpha value is -2.70. The maximum absolute atomic E-state index is 13.1. The Kier molecular flexibility index (Phi) is 7.92. The van der Waals surface area contributed by atoms with Crippen LogP contribution in [0, 0.1) is 0 Å². The van der Waals surface area contributed by atoms with E-state index in [2.05, 4.69) is 37.0 Å². The van der Waals surface area contributed by atoms with E-state index in [0.29, 0.717) is 14.6 Å². The van der Waals surface area contributed by atoms with E-state index in [4.69, 9.17) is 13.7 Å². The molecule has 33 heavy (non-hydrogen) atoms. The summed E-state index contributed by atoms with van der Waals surface area (Å²) in [5.74, 6) is -1.47. The van der Waals surface area contributed by atoms with Crippen LogP contribution in [0.15, 0.2) is 67.2 Å². The highest BCUT2D eigenvalue weighted by atomic mass is 79.9. The van der Waals surface area contributed by atoms with Crippen molar-refractivity contribution in [1.29, 1.82) is 0 Å². The van der Waals surface area contributed by atoms with Crippen LogP contribution in [0.2, 0.25) is 0 Å². The van der Waals surface area contributed by atoms with Crippen molar-refractivity contribution in [2.24, 2.45) is 0 Å². The quantitative estimate of drug-likeness (QED) is 0.280. The Morgan fingerprint density at radius 3 is 2.39 bits per heavy atom. The fourth-order valence-corrected chi connectivity index (χ4v) is 4.75. The molecular weight excluding hydrogens is 584 g/mol. The normalized spacial score (nSPS) is 11.2. The van der Waals surface area contributed by atoms with Crippen LogP contribution in [0.25, 0.3) is 5.69 Å². The smallest absolute Gasteiger partial charge is 0.362 e. The molecule has 12 heteroatoms. The number of nitrogens with zero attached hydrogens (tertiary/aromatic N) is 2. The molecule has 3 rings (SSSR count). The fourth-order valence-electron chi connectivity index (χ4n) is 2.75. The first-order valence-corrected chi connectivity index (χ1v) is 12.6. The summed E-state index contributed by atoms with van der Waals surface area (Å²) in [6, 6.07) is 11.9. The van der Waals surface area contributed by atoms with Crippen molar-refractivity contribution in [2.45, 2.75) is 18.7 Å². The van der Waals surface area contributed by atoms with E-state index < -0.39 is 33.1 Å². The van der Waals surface area contributed by atoms with Crippen molar-refractivity contribution in [3.8, 4) is 17.2 Å². The molecule has 0 bridgehead atoms. The molecule has 2 aromatic carbocycles. The van der Waals surface area contributed by atoms with Crippen LogP contribution in [-0.2, 0) is 14.9 Å². The standard InChI is InChI=1S/C21H18Br2N2O7S/c1-3-30-16-9-8-14(23)11-18(16)33(28,29)32-17-12-19(26)25(15-7-5-6-13(22)10-15)24-20(17)21(27)31-4-2/h5-12H,3-4H2,1-2H3. The van der Waals surface area contributed by atoms with E-state index in [1.807, 2.05) is 0 Å². The number of hydrogen-bond acceptors (Lipinski definition) is 8. The summed E-state index contributed by atoms with van der Waals surface area (Å²) < 4.78 is 43.8. The van der Waals surface area contributed by atoms with Gasteiger partial charge in [-0.05, 0) is 50.2 Å². The van der Waals surface area contributed by atoms with Crippen molar-refractivity contribution in [2.75, 3.05) is 13.2 Å². The molecule has 3 aromatic rings. The van der Waals surface area contributed by atoms with Crippen LogP contribution in [0.3, 0.4) is 0 Å². The summed E-state index contributed by atoms with van der Waals surface area (Å²) in [4.78, 5) is 25.0. The lowest BCUT2D eigenvalue weighted by Gasteiger charge is -2.14. The number of halogens is 2. The minimum atomic E-state index is -4.52. The lowest BCUT2D eigenvalue weighted by atomic mass is 10.3. The number of ether oxygens (including phenoxy) is 2. The number of aromatic nitrogens is 2. The van der Waals surface area contributed by atoms with E-state index in [9.17, 15) is 18.0 Å². The SMILES string of the molecule is CCOC(=O)c1nn(-c2cccc(Br)c2)c(=O)cc1OS(=O)(=O)c1cc(Br)ccc1OCC. The number of esters is 1. The van der Waals surface area contributed by atoms with E-state index in [1.165, 1.54) is 12.1 Å². The zero-order chi connectivity index (χ0) is 24.2. The van der Waals surface area contributed by atoms with Gasteiger partial charge in [-0.15, -0.1) is 0 Å². The fraction of sp³-hybridized carbons (Fsp3) is 0.190. The van der Waals surface area contributed by atoms with Gasteiger partial charge in [0.1, 0.15) is 10.6 Å². The molecule has 0 saturated heterocycles. The van der Waals surface area contributed by atoms with Crippen LogP contribution in [0.4, 0.5) is 0 Å². The Bertz CT molecular complexity index is 1360. The Morgan fingerprint density at radius 1 is 1.00 bits per heavy atom. The molecule has 1 heterocycles. The van der Waals surface area contributed by atoms with Crippen LogP contribution < -0.4 is 14.5 Å². The molecule has 0 N–H and O–H groups in total.